The number of rotatable bonds is 5. The van der Waals surface area contributed by atoms with Crippen LogP contribution in [0, 0.1) is 0 Å². The van der Waals surface area contributed by atoms with Crippen molar-refractivity contribution in [1.29, 1.82) is 0 Å². The Balaban J connectivity index is 1.75. The standard InChI is InChI=1S/C12H19N5O/c1-12(2,3)17-8-10(7-15-17)6-13-5-4-11-14-9-18-16-11/h7-9,13H,4-6H2,1-3H3. The Labute approximate surface area is 106 Å². The van der Waals surface area contributed by atoms with E-state index in [0.717, 1.165) is 25.3 Å². The largest absolute Gasteiger partial charge is 0.343 e. The molecule has 2 aromatic heterocycles. The Kier molecular flexibility index (Phi) is 3.76. The molecule has 0 saturated heterocycles. The summed E-state index contributed by atoms with van der Waals surface area (Å²) in [6.45, 7) is 8.02. The Hall–Kier alpha value is -1.69. The number of nitrogens with one attached hydrogen (secondary N) is 1. The van der Waals surface area contributed by atoms with E-state index >= 15 is 0 Å². The summed E-state index contributed by atoms with van der Waals surface area (Å²) in [5.74, 6) is 0.730. The number of aromatic nitrogens is 4. The third-order valence-corrected chi connectivity index (χ3v) is 2.58. The fraction of sp³-hybridized carbons (Fsp3) is 0.583. The molecule has 0 aliphatic heterocycles. The average Bonchev–Trinajstić information content (AvgIpc) is 2.95. The second kappa shape index (κ2) is 5.30. The quantitative estimate of drug-likeness (QED) is 0.810. The van der Waals surface area contributed by atoms with Gasteiger partial charge in [-0.3, -0.25) is 4.68 Å². The lowest BCUT2D eigenvalue weighted by Crippen LogP contribution is -2.22. The summed E-state index contributed by atoms with van der Waals surface area (Å²) in [4.78, 5) is 3.96. The van der Waals surface area contributed by atoms with E-state index in [0.29, 0.717) is 0 Å². The summed E-state index contributed by atoms with van der Waals surface area (Å²) < 4.78 is 6.64. The normalized spacial score (nSPS) is 11.9. The number of hydrogen-bond acceptors (Lipinski definition) is 5. The average molecular weight is 249 g/mol. The highest BCUT2D eigenvalue weighted by atomic mass is 16.5. The minimum Gasteiger partial charge on any atom is -0.343 e. The predicted octanol–water partition coefficient (Wildman–Crippen LogP) is 1.35. The third-order valence-electron chi connectivity index (χ3n) is 2.58. The molecule has 18 heavy (non-hydrogen) atoms. The van der Waals surface area contributed by atoms with Crippen molar-refractivity contribution in [2.24, 2.45) is 0 Å². The van der Waals surface area contributed by atoms with E-state index < -0.39 is 0 Å². The third kappa shape index (κ3) is 3.40. The molecule has 0 aromatic carbocycles. The van der Waals surface area contributed by atoms with E-state index in [1.807, 2.05) is 10.9 Å². The molecule has 0 aliphatic carbocycles. The number of nitrogens with zero attached hydrogens (tertiary/aromatic N) is 4. The van der Waals surface area contributed by atoms with E-state index in [9.17, 15) is 0 Å². The fourth-order valence-corrected chi connectivity index (χ4v) is 1.55. The molecule has 1 N–H and O–H groups in total. The summed E-state index contributed by atoms with van der Waals surface area (Å²) >= 11 is 0. The van der Waals surface area contributed by atoms with Crippen LogP contribution in [0.1, 0.15) is 32.2 Å². The maximum absolute atomic E-state index is 4.67. The van der Waals surface area contributed by atoms with Crippen LogP contribution in [-0.2, 0) is 18.5 Å². The maximum Gasteiger partial charge on any atom is 0.213 e. The van der Waals surface area contributed by atoms with Crippen LogP contribution in [-0.4, -0.2) is 26.5 Å². The molecular formula is C12H19N5O. The van der Waals surface area contributed by atoms with Crippen molar-refractivity contribution in [3.05, 3.63) is 30.2 Å². The Morgan fingerprint density at radius 3 is 2.83 bits per heavy atom. The van der Waals surface area contributed by atoms with Gasteiger partial charge in [-0.15, -0.1) is 0 Å². The summed E-state index contributed by atoms with van der Waals surface area (Å²) in [7, 11) is 0. The van der Waals surface area contributed by atoms with E-state index in [2.05, 4.69) is 52.0 Å². The van der Waals surface area contributed by atoms with Crippen molar-refractivity contribution in [1.82, 2.24) is 25.2 Å². The maximum atomic E-state index is 4.67. The van der Waals surface area contributed by atoms with Gasteiger partial charge in [0.1, 0.15) is 0 Å². The Morgan fingerprint density at radius 2 is 2.22 bits per heavy atom. The predicted molar refractivity (Wildman–Crippen MR) is 66.9 cm³/mol. The van der Waals surface area contributed by atoms with E-state index in [4.69, 9.17) is 0 Å². The molecule has 2 heterocycles. The molecule has 6 heteroatoms. The van der Waals surface area contributed by atoms with Gasteiger partial charge in [0, 0.05) is 31.3 Å². The molecule has 0 aliphatic rings. The van der Waals surface area contributed by atoms with Crippen LogP contribution in [0.5, 0.6) is 0 Å². The van der Waals surface area contributed by atoms with Crippen LogP contribution in [0.4, 0.5) is 0 Å². The van der Waals surface area contributed by atoms with Gasteiger partial charge in [-0.05, 0) is 20.8 Å². The molecule has 0 spiro atoms. The lowest BCUT2D eigenvalue weighted by Gasteiger charge is -2.18. The lowest BCUT2D eigenvalue weighted by molar-refractivity contribution is 0.355. The minimum absolute atomic E-state index is 0.0306. The van der Waals surface area contributed by atoms with E-state index in [-0.39, 0.29) is 5.54 Å². The van der Waals surface area contributed by atoms with Crippen molar-refractivity contribution in [3.63, 3.8) is 0 Å². The molecule has 6 nitrogen and oxygen atoms in total. The van der Waals surface area contributed by atoms with Gasteiger partial charge in [-0.1, -0.05) is 5.16 Å². The highest BCUT2D eigenvalue weighted by Gasteiger charge is 2.13. The summed E-state index contributed by atoms with van der Waals surface area (Å²) in [5.41, 5.74) is 1.21. The van der Waals surface area contributed by atoms with Crippen molar-refractivity contribution < 1.29 is 4.52 Å². The first kappa shape index (κ1) is 12.8. The smallest absolute Gasteiger partial charge is 0.213 e. The number of hydrogen-bond donors (Lipinski definition) is 1. The van der Waals surface area contributed by atoms with Crippen LogP contribution in [0.2, 0.25) is 0 Å². The van der Waals surface area contributed by atoms with Gasteiger partial charge in [0.2, 0.25) is 6.39 Å². The molecule has 2 rings (SSSR count). The highest BCUT2D eigenvalue weighted by molar-refractivity contribution is 5.04. The van der Waals surface area contributed by atoms with Crippen molar-refractivity contribution in [2.45, 2.75) is 39.3 Å². The molecule has 0 radical (unpaired) electrons. The first-order valence-corrected chi connectivity index (χ1v) is 6.06. The Bertz CT molecular complexity index is 469. The molecule has 0 amide bonds. The van der Waals surface area contributed by atoms with Crippen LogP contribution in [0.3, 0.4) is 0 Å². The molecule has 0 fully saturated rings. The van der Waals surface area contributed by atoms with Crippen LogP contribution < -0.4 is 5.32 Å². The zero-order chi connectivity index (χ0) is 13.0. The molecule has 0 unspecified atom stereocenters. The SMILES string of the molecule is CC(C)(C)n1cc(CNCCc2ncon2)cn1. The first-order chi connectivity index (χ1) is 8.55. The summed E-state index contributed by atoms with van der Waals surface area (Å²) in [6.07, 6.45) is 6.08. The zero-order valence-corrected chi connectivity index (χ0v) is 11.1. The topological polar surface area (TPSA) is 68.8 Å². The molecule has 0 bridgehead atoms. The van der Waals surface area contributed by atoms with Gasteiger partial charge in [0.25, 0.3) is 0 Å². The minimum atomic E-state index is 0.0306. The highest BCUT2D eigenvalue weighted by Crippen LogP contribution is 2.12. The molecule has 0 saturated carbocycles. The van der Waals surface area contributed by atoms with Gasteiger partial charge in [-0.25, -0.2) is 0 Å². The molecule has 0 atom stereocenters. The van der Waals surface area contributed by atoms with Gasteiger partial charge < -0.3 is 9.84 Å². The van der Waals surface area contributed by atoms with Crippen molar-refractivity contribution >= 4 is 0 Å². The fourth-order valence-electron chi connectivity index (χ4n) is 1.55. The molecular weight excluding hydrogens is 230 g/mol. The van der Waals surface area contributed by atoms with Crippen molar-refractivity contribution in [2.75, 3.05) is 6.54 Å². The zero-order valence-electron chi connectivity index (χ0n) is 11.1. The second-order valence-corrected chi connectivity index (χ2v) is 5.24. The molecule has 98 valence electrons. The second-order valence-electron chi connectivity index (χ2n) is 5.24. The monoisotopic (exact) mass is 249 g/mol. The van der Waals surface area contributed by atoms with E-state index in [1.165, 1.54) is 12.0 Å². The van der Waals surface area contributed by atoms with Gasteiger partial charge >= 0.3 is 0 Å². The summed E-state index contributed by atoms with van der Waals surface area (Å²) in [5, 5.41) is 11.4. The van der Waals surface area contributed by atoms with Crippen LogP contribution >= 0.6 is 0 Å². The van der Waals surface area contributed by atoms with Crippen LogP contribution in [0.25, 0.3) is 0 Å². The first-order valence-electron chi connectivity index (χ1n) is 6.06. The van der Waals surface area contributed by atoms with Gasteiger partial charge in [0.15, 0.2) is 5.82 Å². The lowest BCUT2D eigenvalue weighted by atomic mass is 10.1. The summed E-state index contributed by atoms with van der Waals surface area (Å²) in [6, 6.07) is 0. The van der Waals surface area contributed by atoms with Gasteiger partial charge in [0.05, 0.1) is 11.7 Å². The van der Waals surface area contributed by atoms with Crippen LogP contribution in [0.15, 0.2) is 23.3 Å². The van der Waals surface area contributed by atoms with E-state index in [1.54, 1.807) is 0 Å². The van der Waals surface area contributed by atoms with Gasteiger partial charge in [-0.2, -0.15) is 10.1 Å². The van der Waals surface area contributed by atoms with Crippen molar-refractivity contribution in [3.8, 4) is 0 Å². The molecule has 2 aromatic rings. The Morgan fingerprint density at radius 1 is 1.39 bits per heavy atom.